The van der Waals surface area contributed by atoms with Crippen molar-refractivity contribution < 1.29 is 4.79 Å². The fourth-order valence-electron chi connectivity index (χ4n) is 2.56. The Balaban J connectivity index is 1.80. The van der Waals surface area contributed by atoms with E-state index < -0.39 is 0 Å². The lowest BCUT2D eigenvalue weighted by Gasteiger charge is -2.31. The van der Waals surface area contributed by atoms with Crippen molar-refractivity contribution in [3.8, 4) is 0 Å². The topological polar surface area (TPSA) is 59.8 Å². The van der Waals surface area contributed by atoms with Gasteiger partial charge in [0.2, 0.25) is 0 Å². The molecule has 0 bridgehead atoms. The number of carbonyl (C=O) groups excluding carboxylic acids is 1. The Labute approximate surface area is 145 Å². The van der Waals surface area contributed by atoms with Gasteiger partial charge in [0.05, 0.1) is 27.6 Å². The van der Waals surface area contributed by atoms with E-state index in [-0.39, 0.29) is 17.4 Å². The Hall–Kier alpha value is -2.21. The predicted molar refractivity (Wildman–Crippen MR) is 97.3 cm³/mol. The highest BCUT2D eigenvalue weighted by atomic mass is 32.1. The number of carbonyl (C=O) groups is 1. The van der Waals surface area contributed by atoms with Crippen molar-refractivity contribution in [2.75, 3.05) is 0 Å². The molecule has 1 aromatic carbocycles. The first-order valence-electron chi connectivity index (χ1n) is 7.97. The molecule has 0 saturated carbocycles. The van der Waals surface area contributed by atoms with Crippen LogP contribution in [0.5, 0.6) is 0 Å². The average molecular weight is 342 g/mol. The van der Waals surface area contributed by atoms with Gasteiger partial charge in [0, 0.05) is 24.5 Å². The van der Waals surface area contributed by atoms with Gasteiger partial charge < -0.3 is 9.88 Å². The van der Waals surface area contributed by atoms with Crippen molar-refractivity contribution in [2.45, 2.75) is 40.3 Å². The molecule has 6 heteroatoms. The third-order valence-electron chi connectivity index (χ3n) is 4.06. The van der Waals surface area contributed by atoms with Gasteiger partial charge in [-0.15, -0.1) is 11.3 Å². The number of aromatic nitrogens is 3. The van der Waals surface area contributed by atoms with Gasteiger partial charge in [0.15, 0.2) is 0 Å². The fourth-order valence-corrected chi connectivity index (χ4v) is 3.43. The number of hydrogen-bond donors (Lipinski definition) is 1. The number of nitrogens with zero attached hydrogens (tertiary/aromatic N) is 3. The lowest BCUT2D eigenvalue weighted by Crippen LogP contribution is -2.46. The molecule has 3 aromatic rings. The lowest BCUT2D eigenvalue weighted by atomic mass is 9.86. The molecule has 0 saturated heterocycles. The third kappa shape index (κ3) is 3.64. The first-order valence-corrected chi connectivity index (χ1v) is 8.78. The van der Waals surface area contributed by atoms with Gasteiger partial charge in [0.25, 0.3) is 5.91 Å². The number of rotatable bonds is 4. The van der Waals surface area contributed by atoms with Crippen LogP contribution in [0.2, 0.25) is 0 Å². The quantitative estimate of drug-likeness (QED) is 0.787. The Morgan fingerprint density at radius 1 is 1.38 bits per heavy atom. The first kappa shape index (κ1) is 16.6. The van der Waals surface area contributed by atoms with Gasteiger partial charge in [0.1, 0.15) is 0 Å². The Morgan fingerprint density at radius 2 is 2.17 bits per heavy atom. The summed E-state index contributed by atoms with van der Waals surface area (Å²) in [6, 6.07) is 5.67. The molecule has 0 unspecified atom stereocenters. The van der Waals surface area contributed by atoms with Crippen LogP contribution < -0.4 is 5.32 Å². The highest BCUT2D eigenvalue weighted by Crippen LogP contribution is 2.24. The number of benzene rings is 1. The summed E-state index contributed by atoms with van der Waals surface area (Å²) in [5, 5.41) is 4.19. The van der Waals surface area contributed by atoms with Gasteiger partial charge >= 0.3 is 0 Å². The van der Waals surface area contributed by atoms with Crippen molar-refractivity contribution >= 4 is 27.5 Å². The maximum Gasteiger partial charge on any atom is 0.251 e. The van der Waals surface area contributed by atoms with Crippen molar-refractivity contribution in [3.05, 3.63) is 47.5 Å². The molecule has 0 aliphatic carbocycles. The summed E-state index contributed by atoms with van der Waals surface area (Å²) >= 11 is 1.61. The standard InChI is InChI=1S/C18H22N4OS/c1-12-20-14-6-5-13(9-15(14)24-12)17(23)21-16(18(2,3)4)10-22-8-7-19-11-22/h5-9,11,16H,10H2,1-4H3,(H,21,23)/t16-/m1/s1. The SMILES string of the molecule is Cc1nc2ccc(C(=O)N[C@H](Cn3ccnc3)C(C)(C)C)cc2s1. The zero-order valence-corrected chi connectivity index (χ0v) is 15.2. The average Bonchev–Trinajstić information content (AvgIpc) is 3.12. The van der Waals surface area contributed by atoms with Crippen LogP contribution in [0, 0.1) is 12.3 Å². The molecule has 126 valence electrons. The number of nitrogens with one attached hydrogen (secondary N) is 1. The van der Waals surface area contributed by atoms with Crippen LogP contribution in [0.15, 0.2) is 36.9 Å². The summed E-state index contributed by atoms with van der Waals surface area (Å²) in [5.74, 6) is -0.0528. The number of amides is 1. The summed E-state index contributed by atoms with van der Waals surface area (Å²) < 4.78 is 3.04. The van der Waals surface area contributed by atoms with E-state index in [1.807, 2.05) is 35.9 Å². The summed E-state index contributed by atoms with van der Waals surface area (Å²) in [4.78, 5) is 21.2. The summed E-state index contributed by atoms with van der Waals surface area (Å²) in [7, 11) is 0. The molecule has 0 aliphatic heterocycles. The molecule has 0 spiro atoms. The Kier molecular flexibility index (Phi) is 4.41. The van der Waals surface area contributed by atoms with E-state index in [4.69, 9.17) is 0 Å². The van der Waals surface area contributed by atoms with E-state index in [1.165, 1.54) is 0 Å². The van der Waals surface area contributed by atoms with E-state index in [9.17, 15) is 4.79 Å². The molecule has 1 atom stereocenters. The summed E-state index contributed by atoms with van der Waals surface area (Å²) in [5.41, 5.74) is 1.55. The van der Waals surface area contributed by atoms with Crippen molar-refractivity contribution in [3.63, 3.8) is 0 Å². The van der Waals surface area contributed by atoms with Crippen molar-refractivity contribution in [2.24, 2.45) is 5.41 Å². The minimum Gasteiger partial charge on any atom is -0.347 e. The van der Waals surface area contributed by atoms with Crippen molar-refractivity contribution in [1.82, 2.24) is 19.9 Å². The zero-order valence-electron chi connectivity index (χ0n) is 14.4. The minimum absolute atomic E-state index is 0.00177. The predicted octanol–water partition coefficient (Wildman–Crippen LogP) is 3.65. The normalized spacial score (nSPS) is 13.2. The molecule has 0 aliphatic rings. The molecule has 5 nitrogen and oxygen atoms in total. The smallest absolute Gasteiger partial charge is 0.251 e. The van der Waals surface area contributed by atoms with Crippen LogP contribution in [0.3, 0.4) is 0 Å². The van der Waals surface area contributed by atoms with E-state index in [0.717, 1.165) is 15.2 Å². The van der Waals surface area contributed by atoms with Crippen LogP contribution in [-0.2, 0) is 6.54 Å². The number of fused-ring (bicyclic) bond motifs is 1. The molecule has 0 radical (unpaired) electrons. The largest absolute Gasteiger partial charge is 0.347 e. The van der Waals surface area contributed by atoms with Gasteiger partial charge in [-0.3, -0.25) is 4.79 Å². The maximum absolute atomic E-state index is 12.7. The summed E-state index contributed by atoms with van der Waals surface area (Å²) in [6.07, 6.45) is 5.44. The molecule has 24 heavy (non-hydrogen) atoms. The van der Waals surface area contributed by atoms with Crippen LogP contribution >= 0.6 is 11.3 Å². The van der Waals surface area contributed by atoms with E-state index in [1.54, 1.807) is 23.9 Å². The highest BCUT2D eigenvalue weighted by molar-refractivity contribution is 7.18. The Morgan fingerprint density at radius 3 is 2.83 bits per heavy atom. The minimum atomic E-state index is -0.0644. The van der Waals surface area contributed by atoms with Gasteiger partial charge in [-0.25, -0.2) is 9.97 Å². The summed E-state index contributed by atoms with van der Waals surface area (Å²) in [6.45, 7) is 9.06. The molecule has 3 rings (SSSR count). The molecular weight excluding hydrogens is 320 g/mol. The van der Waals surface area contributed by atoms with Crippen LogP contribution in [0.4, 0.5) is 0 Å². The molecule has 2 aromatic heterocycles. The first-order chi connectivity index (χ1) is 11.3. The molecular formula is C18H22N4OS. The monoisotopic (exact) mass is 342 g/mol. The maximum atomic E-state index is 12.7. The number of hydrogen-bond acceptors (Lipinski definition) is 4. The zero-order chi connectivity index (χ0) is 17.3. The molecule has 2 heterocycles. The Bertz CT molecular complexity index is 846. The number of aryl methyl sites for hydroxylation is 1. The van der Waals surface area contributed by atoms with Crippen LogP contribution in [0.25, 0.3) is 10.2 Å². The van der Waals surface area contributed by atoms with E-state index in [0.29, 0.717) is 12.1 Å². The second-order valence-corrected chi connectivity index (χ2v) is 8.30. The van der Waals surface area contributed by atoms with Gasteiger partial charge in [-0.1, -0.05) is 20.8 Å². The molecule has 1 N–H and O–H groups in total. The van der Waals surface area contributed by atoms with E-state index in [2.05, 4.69) is 36.1 Å². The van der Waals surface area contributed by atoms with Gasteiger partial charge in [-0.05, 0) is 30.5 Å². The number of thiazole rings is 1. The third-order valence-corrected chi connectivity index (χ3v) is 4.99. The van der Waals surface area contributed by atoms with Crippen molar-refractivity contribution in [1.29, 1.82) is 0 Å². The lowest BCUT2D eigenvalue weighted by molar-refractivity contribution is 0.0893. The van der Waals surface area contributed by atoms with Crippen LogP contribution in [0.1, 0.15) is 36.1 Å². The number of imidazole rings is 1. The van der Waals surface area contributed by atoms with Gasteiger partial charge in [-0.2, -0.15) is 0 Å². The molecule has 0 fully saturated rings. The highest BCUT2D eigenvalue weighted by Gasteiger charge is 2.27. The van der Waals surface area contributed by atoms with E-state index >= 15 is 0 Å². The second-order valence-electron chi connectivity index (χ2n) is 7.07. The molecule has 1 amide bonds. The van der Waals surface area contributed by atoms with Crippen LogP contribution in [-0.4, -0.2) is 26.5 Å². The fraction of sp³-hybridized carbons (Fsp3) is 0.389. The second kappa shape index (κ2) is 6.36.